The van der Waals surface area contributed by atoms with Crippen LogP contribution in [0.1, 0.15) is 26.2 Å². The minimum absolute atomic E-state index is 0.0361. The molecule has 0 bridgehead atoms. The summed E-state index contributed by atoms with van der Waals surface area (Å²) in [6, 6.07) is 0. The summed E-state index contributed by atoms with van der Waals surface area (Å²) in [5, 5.41) is 9.24. The lowest BCUT2D eigenvalue weighted by Gasteiger charge is -2.15. The molecule has 8 nitrogen and oxygen atoms in total. The molecule has 20 heavy (non-hydrogen) atoms. The van der Waals surface area contributed by atoms with Gasteiger partial charge >= 0.3 is 0 Å². The van der Waals surface area contributed by atoms with Gasteiger partial charge in [-0.05, 0) is 6.42 Å². The normalized spacial score (nSPS) is 12.9. The SMILES string of the molecule is CCCCC(CO)OCn1cnc2c(=O)[nH]c(N)nc21. The molecule has 0 saturated heterocycles. The van der Waals surface area contributed by atoms with Gasteiger partial charge in [-0.3, -0.25) is 14.3 Å². The molecular formula is C12H19N5O3. The van der Waals surface area contributed by atoms with E-state index in [-0.39, 0.29) is 36.5 Å². The van der Waals surface area contributed by atoms with Crippen LogP contribution in [0.4, 0.5) is 5.95 Å². The zero-order valence-electron chi connectivity index (χ0n) is 11.4. The maximum Gasteiger partial charge on any atom is 0.280 e. The average Bonchev–Trinajstić information content (AvgIpc) is 2.82. The van der Waals surface area contributed by atoms with E-state index in [0.29, 0.717) is 5.65 Å². The van der Waals surface area contributed by atoms with Gasteiger partial charge in [0.05, 0.1) is 19.0 Å². The van der Waals surface area contributed by atoms with E-state index in [1.165, 1.54) is 6.33 Å². The summed E-state index contributed by atoms with van der Waals surface area (Å²) in [7, 11) is 0. The molecule has 0 aliphatic heterocycles. The zero-order valence-corrected chi connectivity index (χ0v) is 11.4. The van der Waals surface area contributed by atoms with Gasteiger partial charge in [-0.1, -0.05) is 19.8 Å². The molecule has 1 unspecified atom stereocenters. The number of nitrogens with one attached hydrogen (secondary N) is 1. The quantitative estimate of drug-likeness (QED) is 0.668. The Balaban J connectivity index is 2.12. The third-order valence-corrected chi connectivity index (χ3v) is 3.03. The fourth-order valence-corrected chi connectivity index (χ4v) is 1.91. The van der Waals surface area contributed by atoms with Crippen molar-refractivity contribution in [3.8, 4) is 0 Å². The van der Waals surface area contributed by atoms with Crippen LogP contribution in [0.25, 0.3) is 11.2 Å². The number of anilines is 1. The number of nitrogens with two attached hydrogens (primary N) is 1. The van der Waals surface area contributed by atoms with Crippen LogP contribution < -0.4 is 11.3 Å². The second-order valence-corrected chi connectivity index (χ2v) is 4.58. The number of unbranched alkanes of at least 4 members (excludes halogenated alkanes) is 1. The number of rotatable bonds is 7. The lowest BCUT2D eigenvalue weighted by molar-refractivity contribution is -0.0273. The summed E-state index contributed by atoms with van der Waals surface area (Å²) in [6.45, 7) is 2.21. The molecule has 2 rings (SSSR count). The fourth-order valence-electron chi connectivity index (χ4n) is 1.91. The lowest BCUT2D eigenvalue weighted by Crippen LogP contribution is -2.20. The molecule has 0 saturated carbocycles. The molecule has 110 valence electrons. The van der Waals surface area contributed by atoms with Gasteiger partial charge in [0.1, 0.15) is 6.73 Å². The smallest absolute Gasteiger partial charge is 0.280 e. The van der Waals surface area contributed by atoms with Crippen LogP contribution in [0, 0.1) is 0 Å². The number of aliphatic hydroxyl groups is 1. The van der Waals surface area contributed by atoms with Crippen LogP contribution in [0.15, 0.2) is 11.1 Å². The third-order valence-electron chi connectivity index (χ3n) is 3.03. The van der Waals surface area contributed by atoms with Crippen LogP contribution in [0.5, 0.6) is 0 Å². The molecule has 0 spiro atoms. The van der Waals surface area contributed by atoms with Crippen molar-refractivity contribution in [3.63, 3.8) is 0 Å². The highest BCUT2D eigenvalue weighted by Crippen LogP contribution is 2.09. The molecule has 1 atom stereocenters. The van der Waals surface area contributed by atoms with Crippen molar-refractivity contribution >= 4 is 17.1 Å². The number of aromatic nitrogens is 4. The van der Waals surface area contributed by atoms with E-state index < -0.39 is 0 Å². The molecular weight excluding hydrogens is 262 g/mol. The van der Waals surface area contributed by atoms with Crippen molar-refractivity contribution in [2.24, 2.45) is 0 Å². The molecule has 0 radical (unpaired) electrons. The maximum absolute atomic E-state index is 11.6. The first kappa shape index (κ1) is 14.5. The van der Waals surface area contributed by atoms with Crippen molar-refractivity contribution in [1.82, 2.24) is 19.5 Å². The molecule has 0 aliphatic rings. The lowest BCUT2D eigenvalue weighted by atomic mass is 10.2. The number of aromatic amines is 1. The fraction of sp³-hybridized carbons (Fsp3) is 0.583. The number of aliphatic hydroxyl groups excluding tert-OH is 1. The molecule has 0 aromatic carbocycles. The van der Waals surface area contributed by atoms with Crippen molar-refractivity contribution in [3.05, 3.63) is 16.7 Å². The third kappa shape index (κ3) is 3.14. The predicted octanol–water partition coefficient (Wildman–Crippen LogP) is 0.227. The van der Waals surface area contributed by atoms with Gasteiger partial charge in [0, 0.05) is 0 Å². The van der Waals surface area contributed by atoms with E-state index in [0.717, 1.165) is 19.3 Å². The van der Waals surface area contributed by atoms with E-state index >= 15 is 0 Å². The van der Waals surface area contributed by atoms with E-state index in [4.69, 9.17) is 10.5 Å². The zero-order chi connectivity index (χ0) is 14.5. The summed E-state index contributed by atoms with van der Waals surface area (Å²) in [5.41, 5.74) is 5.73. The predicted molar refractivity (Wildman–Crippen MR) is 74.0 cm³/mol. The van der Waals surface area contributed by atoms with Crippen LogP contribution in [-0.4, -0.2) is 37.3 Å². The molecule has 8 heteroatoms. The number of fused-ring (bicyclic) bond motifs is 1. The molecule has 2 heterocycles. The molecule has 2 aromatic heterocycles. The van der Waals surface area contributed by atoms with Crippen LogP contribution in [0.2, 0.25) is 0 Å². The summed E-state index contributed by atoms with van der Waals surface area (Å²) in [4.78, 5) is 22.0. The summed E-state index contributed by atoms with van der Waals surface area (Å²) < 4.78 is 7.20. The van der Waals surface area contributed by atoms with Gasteiger partial charge in [0.25, 0.3) is 5.56 Å². The van der Waals surface area contributed by atoms with E-state index in [2.05, 4.69) is 21.9 Å². The van der Waals surface area contributed by atoms with Crippen molar-refractivity contribution in [1.29, 1.82) is 0 Å². The molecule has 0 amide bonds. The van der Waals surface area contributed by atoms with Crippen LogP contribution >= 0.6 is 0 Å². The second-order valence-electron chi connectivity index (χ2n) is 4.58. The first-order valence-electron chi connectivity index (χ1n) is 6.58. The Labute approximate surface area is 115 Å². The number of hydrogen-bond acceptors (Lipinski definition) is 6. The Morgan fingerprint density at radius 3 is 3.10 bits per heavy atom. The minimum Gasteiger partial charge on any atom is -0.394 e. The number of nitrogen functional groups attached to an aromatic ring is 1. The topological polar surface area (TPSA) is 119 Å². The Kier molecular flexibility index (Phi) is 4.70. The highest BCUT2D eigenvalue weighted by molar-refractivity contribution is 5.70. The highest BCUT2D eigenvalue weighted by Gasteiger charge is 2.12. The van der Waals surface area contributed by atoms with Gasteiger partial charge < -0.3 is 15.6 Å². The van der Waals surface area contributed by atoms with Crippen LogP contribution in [-0.2, 0) is 11.5 Å². The van der Waals surface area contributed by atoms with Crippen molar-refractivity contribution in [2.75, 3.05) is 12.3 Å². The number of hydrogen-bond donors (Lipinski definition) is 3. The Morgan fingerprint density at radius 2 is 2.40 bits per heavy atom. The molecule has 2 aromatic rings. The number of ether oxygens (including phenoxy) is 1. The first-order valence-corrected chi connectivity index (χ1v) is 6.58. The minimum atomic E-state index is -0.379. The van der Waals surface area contributed by atoms with Gasteiger partial charge in [0.15, 0.2) is 11.2 Å². The Morgan fingerprint density at radius 1 is 1.60 bits per heavy atom. The van der Waals surface area contributed by atoms with E-state index in [9.17, 15) is 9.90 Å². The van der Waals surface area contributed by atoms with Gasteiger partial charge in [-0.25, -0.2) is 4.98 Å². The first-order chi connectivity index (χ1) is 9.65. The van der Waals surface area contributed by atoms with Crippen LogP contribution in [0.3, 0.4) is 0 Å². The summed E-state index contributed by atoms with van der Waals surface area (Å²) >= 11 is 0. The largest absolute Gasteiger partial charge is 0.394 e. The number of nitrogens with zero attached hydrogens (tertiary/aromatic N) is 3. The standard InChI is InChI=1S/C12H19N5O3/c1-2-3-4-8(5-18)20-7-17-6-14-9-10(17)15-12(13)16-11(9)19/h6,8,18H,2-5,7H2,1H3,(H3,13,15,16,19). The Hall–Kier alpha value is -1.93. The van der Waals surface area contributed by atoms with E-state index in [1.54, 1.807) is 4.57 Å². The van der Waals surface area contributed by atoms with Crippen molar-refractivity contribution < 1.29 is 9.84 Å². The van der Waals surface area contributed by atoms with Gasteiger partial charge in [-0.15, -0.1) is 0 Å². The number of imidazole rings is 1. The Bertz CT molecular complexity index is 621. The maximum atomic E-state index is 11.6. The van der Waals surface area contributed by atoms with Gasteiger partial charge in [0.2, 0.25) is 5.95 Å². The van der Waals surface area contributed by atoms with Crippen molar-refractivity contribution in [2.45, 2.75) is 39.0 Å². The molecule has 0 aliphatic carbocycles. The average molecular weight is 281 g/mol. The molecule has 0 fully saturated rings. The monoisotopic (exact) mass is 281 g/mol. The highest BCUT2D eigenvalue weighted by atomic mass is 16.5. The van der Waals surface area contributed by atoms with E-state index in [1.807, 2.05) is 0 Å². The summed E-state index contributed by atoms with van der Waals surface area (Å²) in [5.74, 6) is 0.0361. The second kappa shape index (κ2) is 6.49. The van der Waals surface area contributed by atoms with Gasteiger partial charge in [-0.2, -0.15) is 4.98 Å². The number of H-pyrrole nitrogens is 1. The summed E-state index contributed by atoms with van der Waals surface area (Å²) in [6.07, 6.45) is 4.06. The molecule has 4 N–H and O–H groups in total.